The number of halogens is 1. The first-order valence-corrected chi connectivity index (χ1v) is 11.7. The highest BCUT2D eigenvalue weighted by Crippen LogP contribution is 2.44. The van der Waals surface area contributed by atoms with Crippen molar-refractivity contribution in [2.45, 2.75) is 12.8 Å². The molecule has 2 N–H and O–H groups in total. The molecule has 0 radical (unpaired) electrons. The van der Waals surface area contributed by atoms with Crippen LogP contribution in [0.1, 0.15) is 17.5 Å². The van der Waals surface area contributed by atoms with E-state index in [9.17, 15) is 0 Å². The first kappa shape index (κ1) is 21.3. The molecule has 1 saturated heterocycles. The molecule has 0 atom stereocenters. The Labute approximate surface area is 196 Å². The van der Waals surface area contributed by atoms with Crippen molar-refractivity contribution in [2.24, 2.45) is 0 Å². The van der Waals surface area contributed by atoms with Crippen molar-refractivity contribution in [3.63, 3.8) is 0 Å². The molecule has 1 aromatic heterocycles. The van der Waals surface area contributed by atoms with Crippen LogP contribution in [0.15, 0.2) is 40.9 Å². The molecule has 168 valence electrons. The molecule has 2 aliphatic rings. The highest BCUT2D eigenvalue weighted by atomic mass is 79.9. The van der Waals surface area contributed by atoms with Crippen LogP contribution >= 0.6 is 15.9 Å². The fourth-order valence-electron chi connectivity index (χ4n) is 4.31. The molecule has 0 bridgehead atoms. The molecule has 1 aliphatic heterocycles. The Bertz CT molecular complexity index is 1090. The first-order valence-electron chi connectivity index (χ1n) is 11.0. The van der Waals surface area contributed by atoms with Gasteiger partial charge in [-0.15, -0.1) is 0 Å². The van der Waals surface area contributed by atoms with Crippen LogP contribution in [0, 0.1) is 0 Å². The molecular formula is C24H27BrN4O3. The number of anilines is 2. The number of hydrogen-bond acceptors (Lipinski definition) is 6. The first-order chi connectivity index (χ1) is 15.7. The van der Waals surface area contributed by atoms with Gasteiger partial charge in [-0.3, -0.25) is 10.00 Å². The number of morpholine rings is 1. The number of nitrogens with one attached hydrogen (secondary N) is 2. The van der Waals surface area contributed by atoms with Crippen molar-refractivity contribution in [1.82, 2.24) is 15.1 Å². The van der Waals surface area contributed by atoms with Crippen LogP contribution in [0.3, 0.4) is 0 Å². The second-order valence-corrected chi connectivity index (χ2v) is 8.97. The fraction of sp³-hybridized carbons (Fsp3) is 0.375. The SMILES string of the molecule is COc1cc2c(cc1OCCCN1CCOCC1)Cc1c(Nc3cccc(Br)c3)n[nH]c1-2. The van der Waals surface area contributed by atoms with Crippen LogP contribution in [-0.2, 0) is 11.2 Å². The summed E-state index contributed by atoms with van der Waals surface area (Å²) < 4.78 is 18.2. The van der Waals surface area contributed by atoms with Gasteiger partial charge in [-0.1, -0.05) is 22.0 Å². The lowest BCUT2D eigenvalue weighted by Gasteiger charge is -2.26. The number of aromatic nitrogens is 2. The maximum atomic E-state index is 6.13. The van der Waals surface area contributed by atoms with Gasteiger partial charge in [-0.25, -0.2) is 0 Å². The summed E-state index contributed by atoms with van der Waals surface area (Å²) in [5.41, 5.74) is 5.52. The maximum absolute atomic E-state index is 6.13. The molecule has 0 amide bonds. The van der Waals surface area contributed by atoms with E-state index >= 15 is 0 Å². The topological polar surface area (TPSA) is 71.6 Å². The zero-order valence-corrected chi connectivity index (χ0v) is 19.7. The Hall–Kier alpha value is -2.55. The molecule has 1 fully saturated rings. The number of rotatable bonds is 8. The molecular weight excluding hydrogens is 472 g/mol. The average molecular weight is 499 g/mol. The number of H-pyrrole nitrogens is 1. The van der Waals surface area contributed by atoms with Crippen LogP contribution in [-0.4, -0.2) is 61.7 Å². The summed E-state index contributed by atoms with van der Waals surface area (Å²) in [4.78, 5) is 2.42. The van der Waals surface area contributed by atoms with Crippen molar-refractivity contribution < 1.29 is 14.2 Å². The number of fused-ring (bicyclic) bond motifs is 3. The zero-order valence-electron chi connectivity index (χ0n) is 18.1. The maximum Gasteiger partial charge on any atom is 0.161 e. The van der Waals surface area contributed by atoms with Gasteiger partial charge in [0.2, 0.25) is 0 Å². The minimum absolute atomic E-state index is 0.662. The van der Waals surface area contributed by atoms with E-state index in [1.165, 1.54) is 5.56 Å². The summed E-state index contributed by atoms with van der Waals surface area (Å²) in [6, 6.07) is 12.2. The van der Waals surface area contributed by atoms with Gasteiger partial charge in [0, 0.05) is 47.3 Å². The lowest BCUT2D eigenvalue weighted by molar-refractivity contribution is 0.0357. The Morgan fingerprint density at radius 1 is 1.19 bits per heavy atom. The summed E-state index contributed by atoms with van der Waals surface area (Å²) >= 11 is 3.52. The second kappa shape index (κ2) is 9.52. The summed E-state index contributed by atoms with van der Waals surface area (Å²) in [6.45, 7) is 5.35. The number of nitrogens with zero attached hydrogens (tertiary/aromatic N) is 2. The molecule has 0 spiro atoms. The highest BCUT2D eigenvalue weighted by Gasteiger charge is 2.27. The predicted molar refractivity (Wildman–Crippen MR) is 128 cm³/mol. The minimum Gasteiger partial charge on any atom is -0.493 e. The van der Waals surface area contributed by atoms with Crippen LogP contribution in [0.5, 0.6) is 11.5 Å². The number of aromatic amines is 1. The Balaban J connectivity index is 1.27. The second-order valence-electron chi connectivity index (χ2n) is 8.05. The summed E-state index contributed by atoms with van der Waals surface area (Å²) in [5.74, 6) is 2.40. The fourth-order valence-corrected chi connectivity index (χ4v) is 4.70. The molecule has 32 heavy (non-hydrogen) atoms. The summed E-state index contributed by atoms with van der Waals surface area (Å²) in [6.07, 6.45) is 1.77. The van der Waals surface area contributed by atoms with Crippen molar-refractivity contribution in [3.8, 4) is 22.8 Å². The lowest BCUT2D eigenvalue weighted by Crippen LogP contribution is -2.37. The molecule has 1 aliphatic carbocycles. The molecule has 2 aromatic carbocycles. The van der Waals surface area contributed by atoms with Gasteiger partial charge in [0.25, 0.3) is 0 Å². The molecule has 7 nitrogen and oxygen atoms in total. The number of methoxy groups -OCH3 is 1. The third-order valence-corrected chi connectivity index (χ3v) is 6.45. The van der Waals surface area contributed by atoms with Gasteiger partial charge in [-0.05, 0) is 42.3 Å². The molecule has 2 heterocycles. The van der Waals surface area contributed by atoms with Crippen molar-refractivity contribution in [1.29, 1.82) is 0 Å². The van der Waals surface area contributed by atoms with Gasteiger partial charge < -0.3 is 19.5 Å². The van der Waals surface area contributed by atoms with Crippen LogP contribution in [0.2, 0.25) is 0 Å². The van der Waals surface area contributed by atoms with Crippen molar-refractivity contribution in [2.75, 3.05) is 51.9 Å². The van der Waals surface area contributed by atoms with E-state index in [1.54, 1.807) is 7.11 Å². The smallest absolute Gasteiger partial charge is 0.161 e. The molecule has 0 saturated carbocycles. The number of hydrogen-bond donors (Lipinski definition) is 2. The van der Waals surface area contributed by atoms with E-state index in [0.717, 1.165) is 90.0 Å². The van der Waals surface area contributed by atoms with E-state index < -0.39 is 0 Å². The number of ether oxygens (including phenoxy) is 3. The normalized spacial score (nSPS) is 15.3. The van der Waals surface area contributed by atoms with Crippen molar-refractivity contribution in [3.05, 3.63) is 52.0 Å². The van der Waals surface area contributed by atoms with E-state index in [4.69, 9.17) is 14.2 Å². The standard InChI is InChI=1S/C24H27BrN4O3/c1-30-21-15-19-16(13-22(21)32-9-3-6-29-7-10-31-11-8-29)12-20-23(19)27-28-24(20)26-18-5-2-4-17(25)14-18/h2,4-5,13-15H,3,6-12H2,1H3,(H2,26,27,28). The number of benzene rings is 2. The van der Waals surface area contributed by atoms with E-state index in [2.05, 4.69) is 48.5 Å². The summed E-state index contributed by atoms with van der Waals surface area (Å²) in [7, 11) is 1.69. The van der Waals surface area contributed by atoms with Crippen LogP contribution in [0.25, 0.3) is 11.3 Å². The third-order valence-electron chi connectivity index (χ3n) is 5.96. The zero-order chi connectivity index (χ0) is 21.9. The Kier molecular flexibility index (Phi) is 6.34. The average Bonchev–Trinajstić information content (AvgIpc) is 3.36. The van der Waals surface area contributed by atoms with Gasteiger partial charge >= 0.3 is 0 Å². The van der Waals surface area contributed by atoms with Crippen LogP contribution < -0.4 is 14.8 Å². The van der Waals surface area contributed by atoms with Crippen molar-refractivity contribution >= 4 is 27.4 Å². The van der Waals surface area contributed by atoms with Crippen LogP contribution in [0.4, 0.5) is 11.5 Å². The molecule has 0 unspecified atom stereocenters. The largest absolute Gasteiger partial charge is 0.493 e. The van der Waals surface area contributed by atoms with Gasteiger partial charge in [0.15, 0.2) is 17.3 Å². The Morgan fingerprint density at radius 2 is 2.06 bits per heavy atom. The molecule has 8 heteroatoms. The van der Waals surface area contributed by atoms with Gasteiger partial charge in [-0.2, -0.15) is 5.10 Å². The monoisotopic (exact) mass is 498 g/mol. The minimum atomic E-state index is 0.662. The quantitative estimate of drug-likeness (QED) is 0.346. The Morgan fingerprint density at radius 3 is 2.88 bits per heavy atom. The summed E-state index contributed by atoms with van der Waals surface area (Å²) in [5, 5.41) is 11.1. The predicted octanol–water partition coefficient (Wildman–Crippen LogP) is 4.60. The molecule has 3 aromatic rings. The van der Waals surface area contributed by atoms with E-state index in [1.807, 2.05) is 24.3 Å². The van der Waals surface area contributed by atoms with E-state index in [0.29, 0.717) is 6.61 Å². The van der Waals surface area contributed by atoms with E-state index in [-0.39, 0.29) is 0 Å². The third kappa shape index (κ3) is 4.48. The van der Waals surface area contributed by atoms with Gasteiger partial charge in [0.05, 0.1) is 32.6 Å². The van der Waals surface area contributed by atoms with Gasteiger partial charge in [0.1, 0.15) is 0 Å². The highest BCUT2D eigenvalue weighted by molar-refractivity contribution is 9.10. The molecule has 5 rings (SSSR count). The lowest BCUT2D eigenvalue weighted by atomic mass is 10.1.